The van der Waals surface area contributed by atoms with Crippen molar-refractivity contribution in [1.29, 1.82) is 0 Å². The zero-order chi connectivity index (χ0) is 26.4. The Bertz CT molecular complexity index is 1140. The molecule has 2 rings (SSSR count). The number of methoxy groups -OCH3 is 1. The molecule has 0 aliphatic heterocycles. The van der Waals surface area contributed by atoms with Gasteiger partial charge < -0.3 is 15.0 Å². The third-order valence-electron chi connectivity index (χ3n) is 5.34. The van der Waals surface area contributed by atoms with E-state index in [4.69, 9.17) is 4.74 Å². The number of anilines is 1. The van der Waals surface area contributed by atoms with Gasteiger partial charge >= 0.3 is 0 Å². The molecule has 0 unspecified atom stereocenters. The molecule has 2 aromatic rings. The van der Waals surface area contributed by atoms with Gasteiger partial charge in [-0.05, 0) is 69.5 Å². The summed E-state index contributed by atoms with van der Waals surface area (Å²) in [6.45, 7) is 8.99. The van der Waals surface area contributed by atoms with Gasteiger partial charge in [-0.15, -0.1) is 0 Å². The fourth-order valence-corrected chi connectivity index (χ4v) is 4.58. The van der Waals surface area contributed by atoms with Crippen LogP contribution in [-0.4, -0.2) is 56.6 Å². The van der Waals surface area contributed by atoms with E-state index in [0.717, 1.165) is 21.7 Å². The summed E-state index contributed by atoms with van der Waals surface area (Å²) < 4.78 is 31.7. The Hall–Kier alpha value is -3.07. The first-order valence-electron chi connectivity index (χ1n) is 11.5. The molecule has 9 heteroatoms. The van der Waals surface area contributed by atoms with Crippen LogP contribution in [0.15, 0.2) is 48.5 Å². The van der Waals surface area contributed by atoms with E-state index >= 15 is 0 Å². The maximum Gasteiger partial charge on any atom is 0.244 e. The van der Waals surface area contributed by atoms with Crippen LogP contribution >= 0.6 is 0 Å². The van der Waals surface area contributed by atoms with E-state index in [1.54, 1.807) is 37.4 Å². The highest BCUT2D eigenvalue weighted by atomic mass is 32.2. The summed E-state index contributed by atoms with van der Waals surface area (Å²) in [5, 5.41) is 2.95. The molecule has 0 fully saturated rings. The highest BCUT2D eigenvalue weighted by molar-refractivity contribution is 7.92. The molecule has 2 amide bonds. The van der Waals surface area contributed by atoms with Gasteiger partial charge in [0.15, 0.2) is 0 Å². The van der Waals surface area contributed by atoms with Crippen LogP contribution in [0, 0.1) is 6.92 Å². The number of amides is 2. The number of ether oxygens (including phenoxy) is 1. The first-order valence-corrected chi connectivity index (χ1v) is 13.4. The van der Waals surface area contributed by atoms with Crippen molar-refractivity contribution >= 4 is 27.5 Å². The predicted molar refractivity (Wildman–Crippen MR) is 139 cm³/mol. The van der Waals surface area contributed by atoms with Crippen LogP contribution in [0.25, 0.3) is 0 Å². The van der Waals surface area contributed by atoms with Crippen molar-refractivity contribution in [3.8, 4) is 5.75 Å². The zero-order valence-electron chi connectivity index (χ0n) is 21.7. The number of aryl methyl sites for hydroxylation is 1. The minimum atomic E-state index is -3.76. The molecule has 1 N–H and O–H groups in total. The molecule has 8 nitrogen and oxygen atoms in total. The average molecular weight is 504 g/mol. The topological polar surface area (TPSA) is 96.0 Å². The van der Waals surface area contributed by atoms with Crippen LogP contribution in [0.1, 0.15) is 45.2 Å². The van der Waals surface area contributed by atoms with Crippen LogP contribution in [0.3, 0.4) is 0 Å². The number of benzene rings is 2. The van der Waals surface area contributed by atoms with Gasteiger partial charge in [0.05, 0.1) is 19.1 Å². The van der Waals surface area contributed by atoms with Crippen LogP contribution in [-0.2, 0) is 26.2 Å². The van der Waals surface area contributed by atoms with E-state index in [1.807, 2.05) is 52.8 Å². The maximum absolute atomic E-state index is 13.7. The molecular weight excluding hydrogens is 466 g/mol. The van der Waals surface area contributed by atoms with E-state index in [0.29, 0.717) is 17.9 Å². The number of sulfonamides is 1. The lowest BCUT2D eigenvalue weighted by molar-refractivity contribution is -0.141. The Morgan fingerprint density at radius 1 is 1.09 bits per heavy atom. The van der Waals surface area contributed by atoms with Crippen molar-refractivity contribution < 1.29 is 22.7 Å². The molecule has 0 saturated heterocycles. The summed E-state index contributed by atoms with van der Waals surface area (Å²) in [5.74, 6) is -0.145. The number of rotatable bonds is 10. The normalized spacial score (nSPS) is 12.5. The van der Waals surface area contributed by atoms with Crippen molar-refractivity contribution in [3.05, 3.63) is 59.7 Å². The van der Waals surface area contributed by atoms with Crippen LogP contribution < -0.4 is 14.4 Å². The van der Waals surface area contributed by atoms with Crippen LogP contribution in [0.5, 0.6) is 5.75 Å². The standard InChI is InChI=1S/C26H37N3O5S/c1-8-23(25(31)27-26(3,4)5)28(17-20-12-10-14-22(16-20)34-6)24(30)18-29(35(7,32)33)21-13-9-11-19(2)15-21/h9-16,23H,8,17-18H2,1-7H3,(H,27,31)/t23-/m0/s1. The second-order valence-corrected chi connectivity index (χ2v) is 11.6. The Kier molecular flexibility index (Phi) is 9.31. The quantitative estimate of drug-likeness (QED) is 0.535. The van der Waals surface area contributed by atoms with Crippen molar-refractivity contribution in [2.24, 2.45) is 0 Å². The van der Waals surface area contributed by atoms with Crippen molar-refractivity contribution in [2.45, 2.75) is 59.2 Å². The molecule has 2 aromatic carbocycles. The molecule has 0 heterocycles. The van der Waals surface area contributed by atoms with Crippen molar-refractivity contribution in [2.75, 3.05) is 24.2 Å². The molecule has 0 aliphatic carbocycles. The summed E-state index contributed by atoms with van der Waals surface area (Å²) >= 11 is 0. The fourth-order valence-electron chi connectivity index (χ4n) is 3.74. The number of hydrogen-bond donors (Lipinski definition) is 1. The second-order valence-electron chi connectivity index (χ2n) is 9.65. The van der Waals surface area contributed by atoms with E-state index < -0.39 is 34.1 Å². The summed E-state index contributed by atoms with van der Waals surface area (Å²) in [5.41, 5.74) is 1.54. The minimum Gasteiger partial charge on any atom is -0.497 e. The Labute approximate surface area is 209 Å². The highest BCUT2D eigenvalue weighted by Crippen LogP contribution is 2.22. The van der Waals surface area contributed by atoms with Gasteiger partial charge in [-0.1, -0.05) is 31.2 Å². The van der Waals surface area contributed by atoms with Gasteiger partial charge in [-0.25, -0.2) is 8.42 Å². The molecule has 0 aliphatic rings. The van der Waals surface area contributed by atoms with E-state index in [2.05, 4.69) is 5.32 Å². The van der Waals surface area contributed by atoms with E-state index in [9.17, 15) is 18.0 Å². The molecule has 0 aromatic heterocycles. The number of nitrogens with one attached hydrogen (secondary N) is 1. The number of hydrogen-bond acceptors (Lipinski definition) is 5. The lowest BCUT2D eigenvalue weighted by Gasteiger charge is -2.34. The molecular formula is C26H37N3O5S. The molecule has 192 valence electrons. The molecule has 0 saturated carbocycles. The number of carbonyl (C=O) groups excluding carboxylic acids is 2. The second kappa shape index (κ2) is 11.6. The minimum absolute atomic E-state index is 0.123. The van der Waals surface area contributed by atoms with E-state index in [1.165, 1.54) is 4.90 Å². The Morgan fingerprint density at radius 2 is 1.74 bits per heavy atom. The SMILES string of the molecule is CC[C@@H](C(=O)NC(C)(C)C)N(Cc1cccc(OC)c1)C(=O)CN(c1cccc(C)c1)S(C)(=O)=O. The smallest absolute Gasteiger partial charge is 0.244 e. The third-order valence-corrected chi connectivity index (χ3v) is 6.48. The predicted octanol–water partition coefficient (Wildman–Crippen LogP) is 3.49. The summed E-state index contributed by atoms with van der Waals surface area (Å²) in [7, 11) is -2.21. The monoisotopic (exact) mass is 503 g/mol. The van der Waals surface area contributed by atoms with Gasteiger partial charge in [0.1, 0.15) is 18.3 Å². The van der Waals surface area contributed by atoms with Crippen molar-refractivity contribution in [1.82, 2.24) is 10.2 Å². The average Bonchev–Trinajstić information content (AvgIpc) is 2.75. The lowest BCUT2D eigenvalue weighted by atomic mass is 10.1. The molecule has 35 heavy (non-hydrogen) atoms. The molecule has 0 radical (unpaired) electrons. The highest BCUT2D eigenvalue weighted by Gasteiger charge is 2.33. The van der Waals surface area contributed by atoms with Crippen molar-refractivity contribution in [3.63, 3.8) is 0 Å². The summed E-state index contributed by atoms with van der Waals surface area (Å²) in [6, 6.07) is 13.4. The van der Waals surface area contributed by atoms with Gasteiger partial charge in [0.25, 0.3) is 0 Å². The third kappa shape index (κ3) is 8.28. The zero-order valence-corrected chi connectivity index (χ0v) is 22.5. The first kappa shape index (κ1) is 28.2. The number of nitrogens with zero attached hydrogens (tertiary/aromatic N) is 2. The molecule has 0 bridgehead atoms. The summed E-state index contributed by atoms with van der Waals surface area (Å²) in [4.78, 5) is 28.3. The van der Waals surface area contributed by atoms with Gasteiger partial charge in [0, 0.05) is 12.1 Å². The maximum atomic E-state index is 13.7. The Morgan fingerprint density at radius 3 is 2.29 bits per heavy atom. The van der Waals surface area contributed by atoms with Gasteiger partial charge in [-0.2, -0.15) is 0 Å². The first-order chi connectivity index (χ1) is 16.2. The number of carbonyl (C=O) groups is 2. The molecule has 1 atom stereocenters. The van der Waals surface area contributed by atoms with Crippen LogP contribution in [0.2, 0.25) is 0 Å². The largest absolute Gasteiger partial charge is 0.497 e. The van der Waals surface area contributed by atoms with E-state index in [-0.39, 0.29) is 12.5 Å². The van der Waals surface area contributed by atoms with Gasteiger partial charge in [-0.3, -0.25) is 13.9 Å². The van der Waals surface area contributed by atoms with Crippen LogP contribution in [0.4, 0.5) is 5.69 Å². The lowest BCUT2D eigenvalue weighted by Crippen LogP contribution is -2.55. The molecule has 0 spiro atoms. The fraction of sp³-hybridized carbons (Fsp3) is 0.462. The summed E-state index contributed by atoms with van der Waals surface area (Å²) in [6.07, 6.45) is 1.43. The Balaban J connectivity index is 2.48. The van der Waals surface area contributed by atoms with Gasteiger partial charge in [0.2, 0.25) is 21.8 Å².